The van der Waals surface area contributed by atoms with E-state index < -0.39 is 0 Å². The van der Waals surface area contributed by atoms with Crippen LogP contribution >= 0.6 is 0 Å². The van der Waals surface area contributed by atoms with Crippen LogP contribution in [0, 0.1) is 6.92 Å². The summed E-state index contributed by atoms with van der Waals surface area (Å²) in [6.07, 6.45) is 2.04. The first-order valence-corrected chi connectivity index (χ1v) is 7.99. The van der Waals surface area contributed by atoms with Gasteiger partial charge in [0.05, 0.1) is 17.2 Å². The van der Waals surface area contributed by atoms with Gasteiger partial charge in [-0.1, -0.05) is 17.7 Å². The molecule has 0 radical (unpaired) electrons. The molecule has 1 saturated heterocycles. The van der Waals surface area contributed by atoms with Crippen LogP contribution in [0.15, 0.2) is 24.3 Å². The van der Waals surface area contributed by atoms with Gasteiger partial charge in [0.1, 0.15) is 0 Å². The van der Waals surface area contributed by atoms with Gasteiger partial charge < -0.3 is 15.4 Å². The lowest BCUT2D eigenvalue weighted by Crippen LogP contribution is -2.47. The van der Waals surface area contributed by atoms with Crippen molar-refractivity contribution < 1.29 is 4.74 Å². The van der Waals surface area contributed by atoms with Gasteiger partial charge in [0.15, 0.2) is 0 Å². The number of aryl methyl sites for hydroxylation is 1. The number of rotatable bonds is 5. The zero-order valence-corrected chi connectivity index (χ0v) is 14.1. The highest BCUT2D eigenvalue weighted by atomic mass is 16.5. The third-order valence-corrected chi connectivity index (χ3v) is 4.37. The second-order valence-corrected chi connectivity index (χ2v) is 7.36. The molecule has 0 aromatic heterocycles. The minimum Gasteiger partial charge on any atom is -0.367 e. The predicted molar refractivity (Wildman–Crippen MR) is 89.8 cm³/mol. The van der Waals surface area contributed by atoms with Crippen LogP contribution in [0.2, 0.25) is 0 Å². The van der Waals surface area contributed by atoms with E-state index in [1.165, 1.54) is 11.3 Å². The van der Waals surface area contributed by atoms with E-state index in [4.69, 9.17) is 10.5 Å². The van der Waals surface area contributed by atoms with E-state index in [-0.39, 0.29) is 11.2 Å². The highest BCUT2D eigenvalue weighted by Crippen LogP contribution is 2.41. The fourth-order valence-electron chi connectivity index (χ4n) is 3.48. The fourth-order valence-corrected chi connectivity index (χ4v) is 3.48. The van der Waals surface area contributed by atoms with Crippen LogP contribution in [-0.4, -0.2) is 30.3 Å². The van der Waals surface area contributed by atoms with Gasteiger partial charge in [-0.05, 0) is 66.1 Å². The van der Waals surface area contributed by atoms with Gasteiger partial charge in [-0.25, -0.2) is 0 Å². The zero-order chi connectivity index (χ0) is 15.7. The fraction of sp³-hybridized carbons (Fsp3) is 0.667. The molecule has 0 spiro atoms. The number of ether oxygens (including phenoxy) is 1. The summed E-state index contributed by atoms with van der Waals surface area (Å²) in [5.74, 6) is 0. The summed E-state index contributed by atoms with van der Waals surface area (Å²) in [4.78, 5) is 2.49. The highest BCUT2D eigenvalue weighted by Gasteiger charge is 2.48. The van der Waals surface area contributed by atoms with Gasteiger partial charge in [-0.3, -0.25) is 0 Å². The minimum atomic E-state index is -0.150. The molecule has 0 amide bonds. The van der Waals surface area contributed by atoms with E-state index in [1.54, 1.807) is 0 Å². The Morgan fingerprint density at radius 3 is 2.29 bits per heavy atom. The predicted octanol–water partition coefficient (Wildman–Crippen LogP) is 3.50. The molecule has 1 aliphatic heterocycles. The molecular weight excluding hydrogens is 260 g/mol. The maximum Gasteiger partial charge on any atom is 0.0837 e. The standard InChI is InChI=1S/C18H30N2O/c1-14-7-9-15(10-8-14)20(12-6-11-19)16-13-17(2,3)21-18(16,4)5/h7-10,16H,6,11-13,19H2,1-5H3. The van der Waals surface area contributed by atoms with Gasteiger partial charge in [0.25, 0.3) is 0 Å². The molecule has 1 atom stereocenters. The van der Waals surface area contributed by atoms with Crippen molar-refractivity contribution in [2.75, 3.05) is 18.0 Å². The molecule has 118 valence electrons. The molecular formula is C18H30N2O. The molecule has 1 aromatic rings. The summed E-state index contributed by atoms with van der Waals surface area (Å²) in [5.41, 5.74) is 8.08. The molecule has 0 bridgehead atoms. The first kappa shape index (κ1) is 16.3. The Kier molecular flexibility index (Phi) is 4.64. The average Bonchev–Trinajstić information content (AvgIpc) is 2.60. The van der Waals surface area contributed by atoms with Crippen molar-refractivity contribution in [2.45, 2.75) is 64.7 Å². The second kappa shape index (κ2) is 5.98. The molecule has 1 unspecified atom stereocenters. The molecule has 1 aliphatic rings. The minimum absolute atomic E-state index is 0.0696. The molecule has 1 aromatic carbocycles. The van der Waals surface area contributed by atoms with Crippen molar-refractivity contribution in [3.8, 4) is 0 Å². The Bertz CT molecular complexity index is 465. The molecule has 2 N–H and O–H groups in total. The van der Waals surface area contributed by atoms with E-state index >= 15 is 0 Å². The molecule has 1 fully saturated rings. The van der Waals surface area contributed by atoms with Crippen molar-refractivity contribution in [3.63, 3.8) is 0 Å². The average molecular weight is 290 g/mol. The van der Waals surface area contributed by atoms with Gasteiger partial charge in [-0.15, -0.1) is 0 Å². The van der Waals surface area contributed by atoms with E-state index in [0.717, 1.165) is 25.9 Å². The van der Waals surface area contributed by atoms with Crippen LogP contribution in [0.3, 0.4) is 0 Å². The number of nitrogens with zero attached hydrogens (tertiary/aromatic N) is 1. The molecule has 21 heavy (non-hydrogen) atoms. The zero-order valence-electron chi connectivity index (χ0n) is 14.1. The Morgan fingerprint density at radius 2 is 1.81 bits per heavy atom. The molecule has 0 aliphatic carbocycles. The van der Waals surface area contributed by atoms with Gasteiger partial charge in [-0.2, -0.15) is 0 Å². The van der Waals surface area contributed by atoms with Gasteiger partial charge in [0.2, 0.25) is 0 Å². The number of hydrogen-bond acceptors (Lipinski definition) is 3. The van der Waals surface area contributed by atoms with E-state index in [2.05, 4.69) is 63.8 Å². The Morgan fingerprint density at radius 1 is 1.19 bits per heavy atom. The first-order valence-electron chi connectivity index (χ1n) is 7.99. The number of benzene rings is 1. The maximum atomic E-state index is 6.28. The molecule has 0 saturated carbocycles. The summed E-state index contributed by atoms with van der Waals surface area (Å²) in [6, 6.07) is 9.17. The largest absolute Gasteiger partial charge is 0.367 e. The molecule has 3 heteroatoms. The van der Waals surface area contributed by atoms with Gasteiger partial charge in [0, 0.05) is 12.2 Å². The van der Waals surface area contributed by atoms with Crippen molar-refractivity contribution in [1.29, 1.82) is 0 Å². The summed E-state index contributed by atoms with van der Waals surface area (Å²) in [6.45, 7) is 12.6. The summed E-state index contributed by atoms with van der Waals surface area (Å²) < 4.78 is 6.28. The Balaban J connectivity index is 2.29. The topological polar surface area (TPSA) is 38.5 Å². The number of anilines is 1. The quantitative estimate of drug-likeness (QED) is 0.902. The summed E-state index contributed by atoms with van der Waals surface area (Å²) in [7, 11) is 0. The van der Waals surface area contributed by atoms with Gasteiger partial charge >= 0.3 is 0 Å². The lowest BCUT2D eigenvalue weighted by atomic mass is 9.92. The molecule has 1 heterocycles. The van der Waals surface area contributed by atoms with E-state index in [0.29, 0.717) is 6.04 Å². The monoisotopic (exact) mass is 290 g/mol. The number of hydrogen-bond donors (Lipinski definition) is 1. The molecule has 2 rings (SSSR count). The van der Waals surface area contributed by atoms with Crippen molar-refractivity contribution in [3.05, 3.63) is 29.8 Å². The summed E-state index contributed by atoms with van der Waals surface area (Å²) >= 11 is 0. The second-order valence-electron chi connectivity index (χ2n) is 7.36. The van der Waals surface area contributed by atoms with Crippen LogP contribution in [-0.2, 0) is 4.74 Å². The van der Waals surface area contributed by atoms with E-state index in [1.807, 2.05) is 0 Å². The lowest BCUT2D eigenvalue weighted by molar-refractivity contribution is -0.0679. The van der Waals surface area contributed by atoms with Crippen LogP contribution < -0.4 is 10.6 Å². The SMILES string of the molecule is Cc1ccc(N(CCCN)C2CC(C)(C)OC2(C)C)cc1. The third kappa shape index (κ3) is 3.78. The highest BCUT2D eigenvalue weighted by molar-refractivity contribution is 5.49. The maximum absolute atomic E-state index is 6.28. The molecule has 3 nitrogen and oxygen atoms in total. The Labute approximate surface area is 129 Å². The van der Waals surface area contributed by atoms with E-state index in [9.17, 15) is 0 Å². The number of nitrogens with two attached hydrogens (primary N) is 1. The van der Waals surface area contributed by atoms with Crippen molar-refractivity contribution in [2.24, 2.45) is 5.73 Å². The van der Waals surface area contributed by atoms with Crippen molar-refractivity contribution in [1.82, 2.24) is 0 Å². The van der Waals surface area contributed by atoms with Crippen LogP contribution in [0.1, 0.15) is 46.1 Å². The van der Waals surface area contributed by atoms with Crippen molar-refractivity contribution >= 4 is 5.69 Å². The van der Waals surface area contributed by atoms with Crippen LogP contribution in [0.5, 0.6) is 0 Å². The third-order valence-electron chi connectivity index (χ3n) is 4.37. The Hall–Kier alpha value is -1.06. The normalized spacial score (nSPS) is 23.2. The smallest absolute Gasteiger partial charge is 0.0837 e. The van der Waals surface area contributed by atoms with Crippen LogP contribution in [0.4, 0.5) is 5.69 Å². The first-order chi connectivity index (χ1) is 9.75. The van der Waals surface area contributed by atoms with Crippen LogP contribution in [0.25, 0.3) is 0 Å². The lowest BCUT2D eigenvalue weighted by Gasteiger charge is -2.38. The summed E-state index contributed by atoms with van der Waals surface area (Å²) in [5, 5.41) is 0.